The lowest BCUT2D eigenvalue weighted by atomic mass is 9.81. The lowest BCUT2D eigenvalue weighted by Crippen LogP contribution is -2.36. The van der Waals surface area contributed by atoms with Crippen LogP contribution >= 0.6 is 0 Å². The van der Waals surface area contributed by atoms with E-state index in [9.17, 15) is 9.90 Å². The minimum atomic E-state index is -1.53. The molecule has 108 valence electrons. The number of hydrogen-bond donors (Lipinski definition) is 1. The third-order valence-electron chi connectivity index (χ3n) is 3.69. The molecule has 1 N–H and O–H groups in total. The molecule has 21 heavy (non-hydrogen) atoms. The summed E-state index contributed by atoms with van der Waals surface area (Å²) < 4.78 is 0. The number of carbonyl (C=O) groups excluding carboxylic acids is 1. The average molecular weight is 280 g/mol. The van der Waals surface area contributed by atoms with E-state index in [0.29, 0.717) is 17.5 Å². The van der Waals surface area contributed by atoms with Gasteiger partial charge in [-0.3, -0.25) is 4.79 Å². The molecule has 0 aromatic heterocycles. The van der Waals surface area contributed by atoms with Crippen LogP contribution in [0.2, 0.25) is 0 Å². The van der Waals surface area contributed by atoms with Gasteiger partial charge in [0.05, 0.1) is 0 Å². The molecule has 2 aromatic rings. The Hall–Kier alpha value is -2.19. The number of aliphatic hydroxyl groups is 1. The number of ketones is 1. The van der Waals surface area contributed by atoms with Crippen LogP contribution < -0.4 is 0 Å². The van der Waals surface area contributed by atoms with Crippen LogP contribution in [0.1, 0.15) is 36.2 Å². The highest BCUT2D eigenvalue weighted by molar-refractivity contribution is 6.03. The molecule has 2 rings (SSSR count). The highest BCUT2D eigenvalue weighted by atomic mass is 16.3. The highest BCUT2D eigenvalue weighted by Crippen LogP contribution is 2.32. The summed E-state index contributed by atoms with van der Waals surface area (Å²) in [7, 11) is 0. The Labute approximate surface area is 125 Å². The third-order valence-corrected chi connectivity index (χ3v) is 3.69. The molecule has 0 aliphatic rings. The van der Waals surface area contributed by atoms with E-state index in [1.54, 1.807) is 36.4 Å². The summed E-state index contributed by atoms with van der Waals surface area (Å²) in [5.41, 5.74) is 0.595. The van der Waals surface area contributed by atoms with Crippen molar-refractivity contribution >= 4 is 5.78 Å². The van der Waals surface area contributed by atoms with Crippen LogP contribution in [0.3, 0.4) is 0 Å². The summed E-state index contributed by atoms with van der Waals surface area (Å²) in [6, 6.07) is 18.1. The van der Waals surface area contributed by atoms with Gasteiger partial charge < -0.3 is 5.11 Å². The van der Waals surface area contributed by atoms with Gasteiger partial charge in [-0.2, -0.15) is 0 Å². The molecule has 0 radical (unpaired) electrons. The SMILES string of the molecule is C/C=C(\C)CC(O)(C(=O)c1ccccc1)c1ccccc1. The minimum Gasteiger partial charge on any atom is -0.377 e. The van der Waals surface area contributed by atoms with Crippen LogP contribution in [0.25, 0.3) is 0 Å². The Morgan fingerprint density at radius 3 is 2.10 bits per heavy atom. The quantitative estimate of drug-likeness (QED) is 0.661. The standard InChI is InChI=1S/C19H20O2/c1-3-15(2)14-19(21,17-12-8-5-9-13-17)18(20)16-10-6-4-7-11-16/h3-13,21H,14H2,1-2H3/b15-3+. The summed E-state index contributed by atoms with van der Waals surface area (Å²) in [4.78, 5) is 12.8. The van der Waals surface area contributed by atoms with Gasteiger partial charge >= 0.3 is 0 Å². The van der Waals surface area contributed by atoms with E-state index in [1.807, 2.05) is 44.2 Å². The number of Topliss-reactive ketones (excluding diaryl/α,β-unsaturated/α-hetero) is 1. The predicted molar refractivity (Wildman–Crippen MR) is 85.2 cm³/mol. The molecule has 0 saturated heterocycles. The van der Waals surface area contributed by atoms with E-state index in [-0.39, 0.29) is 5.78 Å². The molecule has 0 aliphatic heterocycles. The first-order valence-electron chi connectivity index (χ1n) is 7.07. The summed E-state index contributed by atoms with van der Waals surface area (Å²) in [5, 5.41) is 11.1. The zero-order valence-electron chi connectivity index (χ0n) is 12.4. The van der Waals surface area contributed by atoms with Crippen LogP contribution in [0, 0.1) is 0 Å². The Morgan fingerprint density at radius 2 is 1.57 bits per heavy atom. The monoisotopic (exact) mass is 280 g/mol. The molecule has 0 aliphatic carbocycles. The van der Waals surface area contributed by atoms with Gasteiger partial charge in [-0.15, -0.1) is 0 Å². The minimum absolute atomic E-state index is 0.268. The number of carbonyl (C=O) groups is 1. The van der Waals surface area contributed by atoms with E-state index in [2.05, 4.69) is 0 Å². The molecule has 0 amide bonds. The van der Waals surface area contributed by atoms with Crippen LogP contribution in [0.5, 0.6) is 0 Å². The Kier molecular flexibility index (Phi) is 4.71. The Bertz CT molecular complexity index is 629. The third kappa shape index (κ3) is 3.29. The van der Waals surface area contributed by atoms with Gasteiger partial charge in [0.1, 0.15) is 0 Å². The lowest BCUT2D eigenvalue weighted by molar-refractivity contribution is 0.0299. The smallest absolute Gasteiger partial charge is 0.199 e. The molecule has 0 saturated carbocycles. The summed E-state index contributed by atoms with van der Waals surface area (Å²) >= 11 is 0. The topological polar surface area (TPSA) is 37.3 Å². The Balaban J connectivity index is 2.48. The van der Waals surface area contributed by atoms with Gasteiger partial charge in [0.15, 0.2) is 11.4 Å². The van der Waals surface area contributed by atoms with E-state index in [1.165, 1.54) is 0 Å². The van der Waals surface area contributed by atoms with Crippen molar-refractivity contribution in [3.05, 3.63) is 83.4 Å². The molecule has 0 fully saturated rings. The van der Waals surface area contributed by atoms with Gasteiger partial charge in [-0.05, 0) is 19.4 Å². The van der Waals surface area contributed by atoms with Crippen molar-refractivity contribution in [2.24, 2.45) is 0 Å². The van der Waals surface area contributed by atoms with Gasteiger partial charge in [0, 0.05) is 12.0 Å². The van der Waals surface area contributed by atoms with Crippen LogP contribution in [-0.4, -0.2) is 10.9 Å². The second-order valence-corrected chi connectivity index (χ2v) is 5.23. The average Bonchev–Trinajstić information content (AvgIpc) is 2.55. The second kappa shape index (κ2) is 6.51. The molecular formula is C19H20O2. The maximum Gasteiger partial charge on any atom is 0.199 e. The molecule has 2 heteroatoms. The van der Waals surface area contributed by atoms with Crippen molar-refractivity contribution in [1.29, 1.82) is 0 Å². The lowest BCUT2D eigenvalue weighted by Gasteiger charge is -2.28. The van der Waals surface area contributed by atoms with Crippen molar-refractivity contribution in [3.63, 3.8) is 0 Å². The van der Waals surface area contributed by atoms with E-state index < -0.39 is 5.60 Å². The van der Waals surface area contributed by atoms with Crippen LogP contribution in [-0.2, 0) is 5.60 Å². The molecule has 2 nitrogen and oxygen atoms in total. The highest BCUT2D eigenvalue weighted by Gasteiger charge is 2.38. The molecule has 0 heterocycles. The number of rotatable bonds is 5. The van der Waals surface area contributed by atoms with Crippen molar-refractivity contribution in [3.8, 4) is 0 Å². The molecule has 2 aromatic carbocycles. The number of allylic oxidation sites excluding steroid dienone is 1. The van der Waals surface area contributed by atoms with Crippen molar-refractivity contribution in [2.75, 3.05) is 0 Å². The van der Waals surface area contributed by atoms with E-state index in [0.717, 1.165) is 5.57 Å². The first-order valence-corrected chi connectivity index (χ1v) is 7.07. The maximum atomic E-state index is 12.8. The van der Waals surface area contributed by atoms with Crippen molar-refractivity contribution in [1.82, 2.24) is 0 Å². The fraction of sp³-hybridized carbons (Fsp3) is 0.211. The molecular weight excluding hydrogens is 260 g/mol. The van der Waals surface area contributed by atoms with Crippen LogP contribution in [0.15, 0.2) is 72.3 Å². The van der Waals surface area contributed by atoms with E-state index in [4.69, 9.17) is 0 Å². The zero-order chi connectivity index (χ0) is 15.3. The second-order valence-electron chi connectivity index (χ2n) is 5.23. The van der Waals surface area contributed by atoms with Crippen molar-refractivity contribution < 1.29 is 9.90 Å². The Morgan fingerprint density at radius 1 is 1.05 bits per heavy atom. The largest absolute Gasteiger partial charge is 0.377 e. The fourth-order valence-corrected chi connectivity index (χ4v) is 2.36. The zero-order valence-corrected chi connectivity index (χ0v) is 12.4. The van der Waals surface area contributed by atoms with Gasteiger partial charge in [-0.25, -0.2) is 0 Å². The first-order chi connectivity index (χ1) is 10.1. The number of benzene rings is 2. The summed E-state index contributed by atoms with van der Waals surface area (Å²) in [6.45, 7) is 3.83. The van der Waals surface area contributed by atoms with Crippen molar-refractivity contribution in [2.45, 2.75) is 25.9 Å². The molecule has 1 unspecified atom stereocenters. The maximum absolute atomic E-state index is 12.8. The van der Waals surface area contributed by atoms with Gasteiger partial charge in [-0.1, -0.05) is 72.3 Å². The first kappa shape index (κ1) is 15.2. The molecule has 1 atom stereocenters. The number of hydrogen-bond acceptors (Lipinski definition) is 2. The predicted octanol–water partition coefficient (Wildman–Crippen LogP) is 4.11. The van der Waals surface area contributed by atoms with Gasteiger partial charge in [0.25, 0.3) is 0 Å². The van der Waals surface area contributed by atoms with Gasteiger partial charge in [0.2, 0.25) is 0 Å². The summed E-state index contributed by atoms with van der Waals surface area (Å²) in [5.74, 6) is -0.268. The van der Waals surface area contributed by atoms with E-state index >= 15 is 0 Å². The molecule has 0 spiro atoms. The summed E-state index contributed by atoms with van der Waals surface area (Å²) in [6.07, 6.45) is 2.22. The normalized spacial score (nSPS) is 14.5. The van der Waals surface area contributed by atoms with Crippen LogP contribution in [0.4, 0.5) is 0 Å². The molecule has 0 bridgehead atoms. The fourth-order valence-electron chi connectivity index (χ4n) is 2.36.